The highest BCUT2D eigenvalue weighted by atomic mass is 35.5. The minimum atomic E-state index is -0.314. The van der Waals surface area contributed by atoms with Crippen molar-refractivity contribution < 1.29 is 9.53 Å². The highest BCUT2D eigenvalue weighted by Gasteiger charge is 2.14. The molecule has 0 saturated carbocycles. The number of ether oxygens (including phenoxy) is 1. The van der Waals surface area contributed by atoms with E-state index < -0.39 is 0 Å². The van der Waals surface area contributed by atoms with Crippen molar-refractivity contribution in [2.45, 2.75) is 13.8 Å². The molecule has 142 valence electrons. The summed E-state index contributed by atoms with van der Waals surface area (Å²) in [6, 6.07) is 13.3. The standard InChI is InChI=1S/C20H17ClN4O2S/c1-12-3-8-17(13(2)9-12)27-10-18(26)22-19-23-20-25(24-19)16(11-28-20)14-4-6-15(21)7-5-14/h3-9,11H,10H2,1-2H3,(H,22,24,26). The molecule has 4 aromatic rings. The van der Waals surface area contributed by atoms with Gasteiger partial charge in [0.25, 0.3) is 11.9 Å². The minimum absolute atomic E-state index is 0.110. The average Bonchev–Trinajstić information content (AvgIpc) is 3.22. The molecule has 2 heterocycles. The van der Waals surface area contributed by atoms with E-state index in [1.54, 1.807) is 4.52 Å². The Labute approximate surface area is 170 Å². The number of aryl methyl sites for hydroxylation is 2. The first-order valence-electron chi connectivity index (χ1n) is 8.60. The highest BCUT2D eigenvalue weighted by Crippen LogP contribution is 2.27. The van der Waals surface area contributed by atoms with Gasteiger partial charge in [-0.15, -0.1) is 16.4 Å². The second-order valence-electron chi connectivity index (χ2n) is 6.36. The van der Waals surface area contributed by atoms with Crippen LogP contribution >= 0.6 is 22.9 Å². The molecule has 4 rings (SSSR count). The Kier molecular flexibility index (Phi) is 5.02. The molecule has 0 radical (unpaired) electrons. The summed E-state index contributed by atoms with van der Waals surface area (Å²) >= 11 is 7.40. The Balaban J connectivity index is 1.46. The van der Waals surface area contributed by atoms with E-state index in [9.17, 15) is 4.79 Å². The number of hydrogen-bond acceptors (Lipinski definition) is 5. The van der Waals surface area contributed by atoms with E-state index in [0.717, 1.165) is 22.4 Å². The molecular formula is C20H17ClN4O2S. The molecule has 0 spiro atoms. The fraction of sp³-hybridized carbons (Fsp3) is 0.150. The third-order valence-electron chi connectivity index (χ3n) is 4.16. The van der Waals surface area contributed by atoms with Crippen molar-refractivity contribution in [2.75, 3.05) is 11.9 Å². The molecule has 28 heavy (non-hydrogen) atoms. The zero-order valence-electron chi connectivity index (χ0n) is 15.3. The van der Waals surface area contributed by atoms with Crippen molar-refractivity contribution in [1.29, 1.82) is 0 Å². The van der Waals surface area contributed by atoms with Crippen molar-refractivity contribution in [3.63, 3.8) is 0 Å². The Morgan fingerprint density at radius 1 is 1.21 bits per heavy atom. The van der Waals surface area contributed by atoms with Gasteiger partial charge >= 0.3 is 0 Å². The molecule has 8 heteroatoms. The Bertz CT molecular complexity index is 1150. The lowest BCUT2D eigenvalue weighted by molar-refractivity contribution is -0.118. The lowest BCUT2D eigenvalue weighted by atomic mass is 10.1. The number of rotatable bonds is 5. The van der Waals surface area contributed by atoms with Crippen LogP contribution in [-0.2, 0) is 4.79 Å². The van der Waals surface area contributed by atoms with Crippen LogP contribution in [0.1, 0.15) is 11.1 Å². The van der Waals surface area contributed by atoms with Crippen molar-refractivity contribution in [3.05, 3.63) is 64.0 Å². The smallest absolute Gasteiger partial charge is 0.264 e. The molecule has 0 fully saturated rings. The maximum absolute atomic E-state index is 12.2. The van der Waals surface area contributed by atoms with E-state index in [4.69, 9.17) is 16.3 Å². The van der Waals surface area contributed by atoms with Gasteiger partial charge in [0.15, 0.2) is 6.61 Å². The predicted octanol–water partition coefficient (Wildman–Crippen LogP) is 4.75. The molecule has 0 aliphatic rings. The van der Waals surface area contributed by atoms with Crippen LogP contribution < -0.4 is 10.1 Å². The third kappa shape index (κ3) is 3.85. The molecular weight excluding hydrogens is 396 g/mol. The number of hydrogen-bond donors (Lipinski definition) is 1. The maximum atomic E-state index is 12.2. The third-order valence-corrected chi connectivity index (χ3v) is 5.23. The van der Waals surface area contributed by atoms with Crippen LogP contribution in [0.3, 0.4) is 0 Å². The van der Waals surface area contributed by atoms with E-state index in [0.29, 0.717) is 15.7 Å². The summed E-state index contributed by atoms with van der Waals surface area (Å²) in [5.41, 5.74) is 3.99. The number of carbonyl (C=O) groups excluding carboxylic acids is 1. The number of nitrogens with zero attached hydrogens (tertiary/aromatic N) is 3. The number of halogens is 1. The van der Waals surface area contributed by atoms with Crippen LogP contribution in [0.15, 0.2) is 47.8 Å². The number of nitrogens with one attached hydrogen (secondary N) is 1. The highest BCUT2D eigenvalue weighted by molar-refractivity contribution is 7.15. The number of amides is 1. The van der Waals surface area contributed by atoms with Crippen LogP contribution in [-0.4, -0.2) is 27.1 Å². The summed E-state index contributed by atoms with van der Waals surface area (Å²) < 4.78 is 7.30. The quantitative estimate of drug-likeness (QED) is 0.513. The first-order chi connectivity index (χ1) is 13.5. The second-order valence-corrected chi connectivity index (χ2v) is 7.64. The lowest BCUT2D eigenvalue weighted by Gasteiger charge is -2.09. The Morgan fingerprint density at radius 2 is 2.00 bits per heavy atom. The van der Waals surface area contributed by atoms with Crippen LogP contribution in [0.5, 0.6) is 5.75 Å². The molecule has 0 atom stereocenters. The van der Waals surface area contributed by atoms with Gasteiger partial charge in [0.2, 0.25) is 4.96 Å². The van der Waals surface area contributed by atoms with Gasteiger partial charge in [0.1, 0.15) is 5.75 Å². The predicted molar refractivity (Wildman–Crippen MR) is 111 cm³/mol. The zero-order valence-corrected chi connectivity index (χ0v) is 16.8. The van der Waals surface area contributed by atoms with Gasteiger partial charge in [0, 0.05) is 16.0 Å². The fourth-order valence-corrected chi connectivity index (χ4v) is 3.78. The van der Waals surface area contributed by atoms with Crippen molar-refractivity contribution in [2.24, 2.45) is 0 Å². The summed E-state index contributed by atoms with van der Waals surface area (Å²) in [4.78, 5) is 17.3. The molecule has 0 unspecified atom stereocenters. The molecule has 0 saturated heterocycles. The number of benzene rings is 2. The van der Waals surface area contributed by atoms with Gasteiger partial charge in [-0.25, -0.2) is 4.52 Å². The monoisotopic (exact) mass is 412 g/mol. The van der Waals surface area contributed by atoms with E-state index in [1.165, 1.54) is 11.3 Å². The lowest BCUT2D eigenvalue weighted by Crippen LogP contribution is -2.21. The van der Waals surface area contributed by atoms with Crippen LogP contribution in [0.25, 0.3) is 16.2 Å². The molecule has 1 N–H and O–H groups in total. The normalized spacial score (nSPS) is 11.0. The fourth-order valence-electron chi connectivity index (χ4n) is 2.82. The Morgan fingerprint density at radius 3 is 2.75 bits per heavy atom. The SMILES string of the molecule is Cc1ccc(OCC(=O)Nc2nc3scc(-c4ccc(Cl)cc4)n3n2)c(C)c1. The molecule has 1 amide bonds. The summed E-state index contributed by atoms with van der Waals surface area (Å²) in [6.07, 6.45) is 0. The number of anilines is 1. The number of carbonyl (C=O) groups is 1. The van der Waals surface area contributed by atoms with E-state index in [-0.39, 0.29) is 18.5 Å². The second kappa shape index (κ2) is 7.61. The summed E-state index contributed by atoms with van der Waals surface area (Å²) in [7, 11) is 0. The molecule has 0 aliphatic carbocycles. The minimum Gasteiger partial charge on any atom is -0.483 e. The van der Waals surface area contributed by atoms with Gasteiger partial charge in [-0.2, -0.15) is 4.98 Å². The van der Waals surface area contributed by atoms with Crippen molar-refractivity contribution in [3.8, 4) is 17.0 Å². The van der Waals surface area contributed by atoms with Gasteiger partial charge in [0.05, 0.1) is 5.69 Å². The molecule has 6 nitrogen and oxygen atoms in total. The van der Waals surface area contributed by atoms with Gasteiger partial charge < -0.3 is 4.74 Å². The first-order valence-corrected chi connectivity index (χ1v) is 9.85. The molecule has 0 aliphatic heterocycles. The number of fused-ring (bicyclic) bond motifs is 1. The molecule has 2 aromatic carbocycles. The molecule has 0 bridgehead atoms. The van der Waals surface area contributed by atoms with Gasteiger partial charge in [-0.3, -0.25) is 10.1 Å². The zero-order chi connectivity index (χ0) is 19.7. The topological polar surface area (TPSA) is 68.5 Å². The summed E-state index contributed by atoms with van der Waals surface area (Å²) in [5, 5.41) is 9.71. The van der Waals surface area contributed by atoms with E-state index in [1.807, 2.05) is 61.7 Å². The van der Waals surface area contributed by atoms with Crippen LogP contribution in [0.2, 0.25) is 5.02 Å². The Hall–Kier alpha value is -2.90. The van der Waals surface area contributed by atoms with Crippen LogP contribution in [0.4, 0.5) is 5.95 Å². The van der Waals surface area contributed by atoms with Crippen LogP contribution in [0, 0.1) is 13.8 Å². The van der Waals surface area contributed by atoms with Gasteiger partial charge in [-0.05, 0) is 37.6 Å². The first kappa shape index (κ1) is 18.5. The van der Waals surface area contributed by atoms with E-state index >= 15 is 0 Å². The van der Waals surface area contributed by atoms with Crippen molar-refractivity contribution >= 4 is 39.8 Å². The van der Waals surface area contributed by atoms with Crippen molar-refractivity contribution in [1.82, 2.24) is 14.6 Å². The van der Waals surface area contributed by atoms with E-state index in [2.05, 4.69) is 15.4 Å². The maximum Gasteiger partial charge on any atom is 0.264 e. The van der Waals surface area contributed by atoms with Gasteiger partial charge in [-0.1, -0.05) is 41.4 Å². The average molecular weight is 413 g/mol. The summed E-state index contributed by atoms with van der Waals surface area (Å²) in [6.45, 7) is 3.85. The number of aromatic nitrogens is 3. The summed E-state index contributed by atoms with van der Waals surface area (Å²) in [5.74, 6) is 0.618. The largest absolute Gasteiger partial charge is 0.483 e. The molecule has 2 aromatic heterocycles. The number of thiazole rings is 1.